The Bertz CT molecular complexity index is 1150. The fourth-order valence-electron chi connectivity index (χ4n) is 4.97. The minimum Gasteiger partial charge on any atom is -0.497 e. The summed E-state index contributed by atoms with van der Waals surface area (Å²) in [7, 11) is 5.39. The van der Waals surface area contributed by atoms with Crippen molar-refractivity contribution in [2.45, 2.75) is 50.6 Å². The minimum atomic E-state index is -3.73. The average Bonchev–Trinajstić information content (AvgIpc) is 2.86. The third kappa shape index (κ3) is 7.03. The first-order valence-electron chi connectivity index (χ1n) is 12.8. The highest BCUT2D eigenvalue weighted by atomic mass is 32.2. The molecule has 204 valence electrons. The smallest absolute Gasteiger partial charge is 0.243 e. The molecule has 0 saturated carbocycles. The number of methoxy groups -OCH3 is 1. The Balaban J connectivity index is 1.54. The van der Waals surface area contributed by atoms with E-state index in [-0.39, 0.29) is 23.8 Å². The highest BCUT2D eigenvalue weighted by Crippen LogP contribution is 2.28. The van der Waals surface area contributed by atoms with Crippen LogP contribution in [0.25, 0.3) is 0 Å². The molecule has 9 heteroatoms. The summed E-state index contributed by atoms with van der Waals surface area (Å²) in [5.41, 5.74) is 3.51. The number of aryl methyl sites for hydroxylation is 2. The quantitative estimate of drug-likeness (QED) is 0.468. The number of anilines is 1. The number of nitrogens with zero attached hydrogens (tertiary/aromatic N) is 4. The van der Waals surface area contributed by atoms with Crippen molar-refractivity contribution in [3.8, 4) is 5.75 Å². The van der Waals surface area contributed by atoms with E-state index in [4.69, 9.17) is 4.74 Å². The van der Waals surface area contributed by atoms with Crippen molar-refractivity contribution in [1.82, 2.24) is 14.1 Å². The van der Waals surface area contributed by atoms with Crippen molar-refractivity contribution in [3.05, 3.63) is 53.1 Å². The first-order chi connectivity index (χ1) is 17.4. The monoisotopic (exact) mass is 530 g/mol. The van der Waals surface area contributed by atoms with Crippen LogP contribution in [0.15, 0.2) is 41.3 Å². The van der Waals surface area contributed by atoms with Gasteiger partial charge in [0.1, 0.15) is 5.75 Å². The summed E-state index contributed by atoms with van der Waals surface area (Å²) >= 11 is 0. The van der Waals surface area contributed by atoms with Crippen LogP contribution in [0.2, 0.25) is 0 Å². The van der Waals surface area contributed by atoms with Crippen molar-refractivity contribution in [1.29, 1.82) is 0 Å². The molecule has 0 N–H and O–H groups in total. The molecule has 3 rings (SSSR count). The third-order valence-corrected chi connectivity index (χ3v) is 9.48. The number of carbonyl (C=O) groups excluding carboxylic acids is 1. The summed E-state index contributed by atoms with van der Waals surface area (Å²) in [5.74, 6) is 0.524. The molecule has 1 aliphatic rings. The summed E-state index contributed by atoms with van der Waals surface area (Å²) in [6.45, 7) is 6.20. The number of ether oxygens (including phenoxy) is 1. The summed E-state index contributed by atoms with van der Waals surface area (Å²) in [6, 6.07) is 12.5. The number of sulfonamides is 1. The van der Waals surface area contributed by atoms with E-state index in [1.165, 1.54) is 17.0 Å². The number of amides is 1. The van der Waals surface area contributed by atoms with Gasteiger partial charge in [-0.3, -0.25) is 4.79 Å². The molecule has 0 atom stereocenters. The van der Waals surface area contributed by atoms with Crippen LogP contribution in [0.4, 0.5) is 5.69 Å². The van der Waals surface area contributed by atoms with Gasteiger partial charge >= 0.3 is 0 Å². The van der Waals surface area contributed by atoms with Crippen molar-refractivity contribution in [2.75, 3.05) is 59.8 Å². The van der Waals surface area contributed by atoms with E-state index in [2.05, 4.69) is 48.2 Å². The zero-order chi connectivity index (χ0) is 27.3. The van der Waals surface area contributed by atoms with E-state index in [1.807, 2.05) is 0 Å². The van der Waals surface area contributed by atoms with Crippen LogP contribution in [0.1, 0.15) is 36.0 Å². The number of hydrogen-bond acceptors (Lipinski definition) is 6. The summed E-state index contributed by atoms with van der Waals surface area (Å²) < 4.78 is 32.9. The predicted molar refractivity (Wildman–Crippen MR) is 149 cm³/mol. The lowest BCUT2D eigenvalue weighted by Gasteiger charge is -2.36. The Morgan fingerprint density at radius 1 is 1.00 bits per heavy atom. The summed E-state index contributed by atoms with van der Waals surface area (Å²) in [6.07, 6.45) is 2.43. The Morgan fingerprint density at radius 2 is 1.57 bits per heavy atom. The number of hydrogen-bond donors (Lipinski definition) is 0. The van der Waals surface area contributed by atoms with Gasteiger partial charge in [0.2, 0.25) is 15.9 Å². The van der Waals surface area contributed by atoms with Gasteiger partial charge in [0.05, 0.1) is 12.0 Å². The third-order valence-electron chi connectivity index (χ3n) is 7.32. The Kier molecular flexibility index (Phi) is 9.61. The number of benzene rings is 2. The van der Waals surface area contributed by atoms with Gasteiger partial charge in [0.25, 0.3) is 0 Å². The van der Waals surface area contributed by atoms with Crippen LogP contribution in [0.3, 0.4) is 0 Å². The maximum absolute atomic E-state index is 13.2. The van der Waals surface area contributed by atoms with Gasteiger partial charge in [-0.15, -0.1) is 0 Å². The zero-order valence-corrected chi connectivity index (χ0v) is 24.1. The van der Waals surface area contributed by atoms with Crippen LogP contribution in [-0.2, 0) is 21.4 Å². The molecule has 37 heavy (non-hydrogen) atoms. The Hall–Kier alpha value is -2.62. The molecule has 8 nitrogen and oxygen atoms in total. The number of carbonyl (C=O) groups is 1. The van der Waals surface area contributed by atoms with E-state index >= 15 is 0 Å². The second-order valence-corrected chi connectivity index (χ2v) is 12.2. The molecule has 0 aromatic heterocycles. The van der Waals surface area contributed by atoms with E-state index < -0.39 is 10.0 Å². The highest BCUT2D eigenvalue weighted by Gasteiger charge is 2.26. The molecule has 2 aromatic carbocycles. The van der Waals surface area contributed by atoms with Crippen molar-refractivity contribution < 1.29 is 17.9 Å². The Labute approximate surface area is 222 Å². The zero-order valence-electron chi connectivity index (χ0n) is 23.3. The minimum absolute atomic E-state index is 0.0972. The lowest BCUT2D eigenvalue weighted by Crippen LogP contribution is -2.41. The normalized spacial score (nSPS) is 14.9. The van der Waals surface area contributed by atoms with Crippen LogP contribution >= 0.6 is 0 Å². The fourth-order valence-corrected chi connectivity index (χ4v) is 6.54. The number of piperidine rings is 1. The molecule has 0 unspecified atom stereocenters. The van der Waals surface area contributed by atoms with E-state index in [1.54, 1.807) is 45.0 Å². The molecular formula is C28H42N4O4S. The van der Waals surface area contributed by atoms with Gasteiger partial charge in [0, 0.05) is 58.4 Å². The largest absolute Gasteiger partial charge is 0.497 e. The van der Waals surface area contributed by atoms with Gasteiger partial charge in [-0.05, 0) is 81.7 Å². The van der Waals surface area contributed by atoms with Crippen molar-refractivity contribution in [2.24, 2.45) is 0 Å². The maximum atomic E-state index is 13.2. The van der Waals surface area contributed by atoms with Crippen LogP contribution in [0, 0.1) is 13.8 Å². The lowest BCUT2D eigenvalue weighted by atomic mass is 10.0. The van der Waals surface area contributed by atoms with Gasteiger partial charge < -0.3 is 19.4 Å². The van der Waals surface area contributed by atoms with E-state index in [0.29, 0.717) is 29.5 Å². The molecular weight excluding hydrogens is 488 g/mol. The van der Waals surface area contributed by atoms with E-state index in [0.717, 1.165) is 31.5 Å². The van der Waals surface area contributed by atoms with Gasteiger partial charge in [0.15, 0.2) is 0 Å². The average molecular weight is 531 g/mol. The molecule has 1 aliphatic heterocycles. The van der Waals surface area contributed by atoms with Crippen LogP contribution < -0.4 is 9.64 Å². The van der Waals surface area contributed by atoms with Gasteiger partial charge in [-0.25, -0.2) is 12.7 Å². The van der Waals surface area contributed by atoms with Gasteiger partial charge in [-0.2, -0.15) is 0 Å². The second-order valence-electron chi connectivity index (χ2n) is 10.3. The summed E-state index contributed by atoms with van der Waals surface area (Å²) in [4.78, 5) is 19.5. The molecule has 2 aromatic rings. The molecule has 1 fully saturated rings. The first kappa shape index (κ1) is 28.9. The van der Waals surface area contributed by atoms with Crippen LogP contribution in [-0.4, -0.2) is 89.4 Å². The molecule has 0 radical (unpaired) electrons. The van der Waals surface area contributed by atoms with Gasteiger partial charge in [-0.1, -0.05) is 12.1 Å². The number of rotatable bonds is 10. The van der Waals surface area contributed by atoms with Crippen molar-refractivity contribution in [3.63, 3.8) is 0 Å². The molecule has 1 heterocycles. The topological polar surface area (TPSA) is 73.4 Å². The summed E-state index contributed by atoms with van der Waals surface area (Å²) in [5, 5.41) is 0. The second kappa shape index (κ2) is 12.3. The maximum Gasteiger partial charge on any atom is 0.243 e. The first-order valence-corrected chi connectivity index (χ1v) is 14.2. The molecule has 1 amide bonds. The lowest BCUT2D eigenvalue weighted by molar-refractivity contribution is -0.130. The standard InChI is InChI=1S/C28H42N4O4S/c1-21-18-26(36-7)19-22(2)28(21)37(34,35)31(6)15-14-27(33)30(5)20-23-8-10-25(11-9-23)32-16-12-24(13-17-32)29(3)4/h8-11,18-19,24H,12-17,20H2,1-7H3. The molecule has 0 bridgehead atoms. The van der Waals surface area contributed by atoms with E-state index in [9.17, 15) is 13.2 Å². The molecule has 0 spiro atoms. The molecule has 0 aliphatic carbocycles. The Morgan fingerprint density at radius 3 is 2.08 bits per heavy atom. The predicted octanol–water partition coefficient (Wildman–Crippen LogP) is 3.51. The van der Waals surface area contributed by atoms with Crippen LogP contribution in [0.5, 0.6) is 5.75 Å². The SMILES string of the molecule is COc1cc(C)c(S(=O)(=O)N(C)CCC(=O)N(C)Cc2ccc(N3CCC(N(C)C)CC3)cc2)c(C)c1. The highest BCUT2D eigenvalue weighted by molar-refractivity contribution is 7.89. The van der Waals surface area contributed by atoms with Crippen molar-refractivity contribution >= 4 is 21.6 Å². The molecule has 1 saturated heterocycles. The fraction of sp³-hybridized carbons (Fsp3) is 0.536.